The average molecular weight is 380 g/mol. The summed E-state index contributed by atoms with van der Waals surface area (Å²) in [5.74, 6) is 0.0503. The van der Waals surface area contributed by atoms with Crippen LogP contribution in [0, 0.1) is 11.3 Å². The lowest BCUT2D eigenvalue weighted by Gasteiger charge is -2.42. The molecule has 0 aromatic rings. The van der Waals surface area contributed by atoms with Crippen molar-refractivity contribution in [3.8, 4) is 0 Å². The summed E-state index contributed by atoms with van der Waals surface area (Å²) in [6.45, 7) is 7.81. The highest BCUT2D eigenvalue weighted by molar-refractivity contribution is 6.09. The fourth-order valence-electron chi connectivity index (χ4n) is 4.60. The molecule has 3 rings (SSSR count). The number of hydrogen-bond acceptors (Lipinski definition) is 4. The Bertz CT molecular complexity index is 590. The summed E-state index contributed by atoms with van der Waals surface area (Å²) in [5, 5.41) is 5.83. The van der Waals surface area contributed by atoms with Crippen LogP contribution in [0.15, 0.2) is 0 Å². The van der Waals surface area contributed by atoms with E-state index in [9.17, 15) is 14.4 Å². The molecule has 152 valence electrons. The van der Waals surface area contributed by atoms with Gasteiger partial charge in [-0.25, -0.2) is 4.79 Å². The van der Waals surface area contributed by atoms with Gasteiger partial charge in [0.2, 0.25) is 5.91 Å². The monoisotopic (exact) mass is 379 g/mol. The van der Waals surface area contributed by atoms with Crippen molar-refractivity contribution >= 4 is 17.8 Å². The zero-order valence-corrected chi connectivity index (χ0v) is 16.8. The van der Waals surface area contributed by atoms with Gasteiger partial charge in [0.05, 0.1) is 0 Å². The van der Waals surface area contributed by atoms with Crippen LogP contribution in [-0.2, 0) is 14.3 Å². The Morgan fingerprint density at radius 3 is 2.44 bits per heavy atom. The Kier molecular flexibility index (Phi) is 5.79. The molecule has 0 unspecified atom stereocenters. The molecule has 0 bridgehead atoms. The van der Waals surface area contributed by atoms with Crippen molar-refractivity contribution < 1.29 is 19.1 Å². The van der Waals surface area contributed by atoms with Gasteiger partial charge in [-0.1, -0.05) is 27.2 Å². The van der Waals surface area contributed by atoms with Crippen LogP contribution >= 0.6 is 0 Å². The smallest absolute Gasteiger partial charge is 0.325 e. The average Bonchev–Trinajstić information content (AvgIpc) is 2.87. The Hall–Kier alpha value is -1.63. The molecule has 7 heteroatoms. The highest BCUT2D eigenvalue weighted by Crippen LogP contribution is 2.45. The Balaban J connectivity index is 1.58. The number of hydrogen-bond donors (Lipinski definition) is 2. The quantitative estimate of drug-likeness (QED) is 0.717. The van der Waals surface area contributed by atoms with E-state index in [1.165, 1.54) is 0 Å². The normalized spacial score (nSPS) is 29.9. The van der Waals surface area contributed by atoms with Gasteiger partial charge in [0.1, 0.15) is 12.1 Å². The fraction of sp³-hybridized carbons (Fsp3) is 0.850. The van der Waals surface area contributed by atoms with Gasteiger partial charge in [-0.05, 0) is 49.9 Å². The van der Waals surface area contributed by atoms with Gasteiger partial charge in [0.25, 0.3) is 5.91 Å². The van der Waals surface area contributed by atoms with Crippen LogP contribution in [0.1, 0.15) is 65.7 Å². The van der Waals surface area contributed by atoms with Crippen LogP contribution in [0.25, 0.3) is 0 Å². The summed E-state index contributed by atoms with van der Waals surface area (Å²) >= 11 is 0. The third-order valence-electron chi connectivity index (χ3n) is 6.99. The molecule has 4 amide bonds. The highest BCUT2D eigenvalue weighted by Gasteiger charge is 2.53. The molecule has 0 aromatic heterocycles. The predicted octanol–water partition coefficient (Wildman–Crippen LogP) is 2.20. The number of carbonyl (C=O) groups excluding carboxylic acids is 3. The van der Waals surface area contributed by atoms with Gasteiger partial charge in [-0.15, -0.1) is 0 Å². The van der Waals surface area contributed by atoms with E-state index in [0.29, 0.717) is 32.0 Å². The molecule has 1 saturated carbocycles. The second kappa shape index (κ2) is 7.78. The molecule has 2 N–H and O–H groups in total. The molecule has 0 radical (unpaired) electrons. The minimum atomic E-state index is -0.809. The number of carbonyl (C=O) groups is 3. The van der Waals surface area contributed by atoms with E-state index in [0.717, 1.165) is 37.0 Å². The first-order valence-electron chi connectivity index (χ1n) is 10.3. The lowest BCUT2D eigenvalue weighted by atomic mass is 9.65. The molecule has 7 nitrogen and oxygen atoms in total. The zero-order chi connectivity index (χ0) is 19.7. The maximum absolute atomic E-state index is 13.0. The fourth-order valence-corrected chi connectivity index (χ4v) is 4.60. The lowest BCUT2D eigenvalue weighted by Crippen LogP contribution is -2.51. The predicted molar refractivity (Wildman–Crippen MR) is 101 cm³/mol. The molecule has 1 spiro atoms. The van der Waals surface area contributed by atoms with E-state index in [-0.39, 0.29) is 29.8 Å². The van der Waals surface area contributed by atoms with Gasteiger partial charge >= 0.3 is 6.03 Å². The van der Waals surface area contributed by atoms with Crippen LogP contribution < -0.4 is 10.6 Å². The van der Waals surface area contributed by atoms with Crippen molar-refractivity contribution in [3.05, 3.63) is 0 Å². The number of rotatable bonds is 5. The molecule has 2 heterocycles. The van der Waals surface area contributed by atoms with Crippen LogP contribution in [0.3, 0.4) is 0 Å². The standard InChI is InChI=1S/C20H33N3O4/c1-4-19(2,3)14-5-9-20(10-6-14)17(25)23(18(26)22-20)13-16(24)21-15-7-11-27-12-8-15/h14-15H,4-13H2,1-3H3,(H,21,24)(H,22,26). The van der Waals surface area contributed by atoms with Crippen molar-refractivity contribution in [2.75, 3.05) is 19.8 Å². The maximum atomic E-state index is 13.0. The van der Waals surface area contributed by atoms with Gasteiger partial charge in [-0.2, -0.15) is 0 Å². The number of nitrogens with one attached hydrogen (secondary N) is 2. The minimum Gasteiger partial charge on any atom is -0.381 e. The van der Waals surface area contributed by atoms with Crippen LogP contribution in [0.4, 0.5) is 4.79 Å². The van der Waals surface area contributed by atoms with E-state index in [2.05, 4.69) is 31.4 Å². The number of urea groups is 1. The number of nitrogens with zero attached hydrogens (tertiary/aromatic N) is 1. The molecule has 0 atom stereocenters. The van der Waals surface area contributed by atoms with E-state index in [1.807, 2.05) is 0 Å². The van der Waals surface area contributed by atoms with Crippen LogP contribution in [-0.4, -0.2) is 54.1 Å². The molecule has 2 saturated heterocycles. The topological polar surface area (TPSA) is 87.7 Å². The second-order valence-electron chi connectivity index (χ2n) is 8.97. The van der Waals surface area contributed by atoms with Crippen molar-refractivity contribution in [2.45, 2.75) is 77.3 Å². The molecule has 3 aliphatic rings. The Labute approximate surface area is 161 Å². The largest absolute Gasteiger partial charge is 0.381 e. The Morgan fingerprint density at radius 1 is 1.22 bits per heavy atom. The maximum Gasteiger partial charge on any atom is 0.325 e. The molecular weight excluding hydrogens is 346 g/mol. The molecular formula is C20H33N3O4. The summed E-state index contributed by atoms with van der Waals surface area (Å²) in [6.07, 6.45) is 5.80. The SMILES string of the molecule is CCC(C)(C)C1CCC2(CC1)NC(=O)N(CC(=O)NC1CCOCC1)C2=O. The number of ether oxygens (including phenoxy) is 1. The number of imide groups is 1. The first-order valence-corrected chi connectivity index (χ1v) is 10.3. The van der Waals surface area contributed by atoms with Gasteiger partial charge < -0.3 is 15.4 Å². The van der Waals surface area contributed by atoms with Gasteiger partial charge in [-0.3, -0.25) is 14.5 Å². The minimum absolute atomic E-state index is 0.0627. The first-order chi connectivity index (χ1) is 12.8. The summed E-state index contributed by atoms with van der Waals surface area (Å²) < 4.78 is 5.28. The van der Waals surface area contributed by atoms with E-state index >= 15 is 0 Å². The molecule has 2 aliphatic heterocycles. The molecule has 0 aromatic carbocycles. The van der Waals surface area contributed by atoms with Crippen molar-refractivity contribution in [3.63, 3.8) is 0 Å². The summed E-state index contributed by atoms with van der Waals surface area (Å²) in [6, 6.07) is -0.372. The zero-order valence-electron chi connectivity index (χ0n) is 16.8. The molecule has 27 heavy (non-hydrogen) atoms. The van der Waals surface area contributed by atoms with Gasteiger partial charge in [0, 0.05) is 19.3 Å². The molecule has 3 fully saturated rings. The number of amides is 4. The van der Waals surface area contributed by atoms with Crippen LogP contribution in [0.2, 0.25) is 0 Å². The third-order valence-corrected chi connectivity index (χ3v) is 6.99. The van der Waals surface area contributed by atoms with Crippen LogP contribution in [0.5, 0.6) is 0 Å². The lowest BCUT2D eigenvalue weighted by molar-refractivity contribution is -0.136. The first kappa shape index (κ1) is 20.1. The Morgan fingerprint density at radius 2 is 1.85 bits per heavy atom. The summed E-state index contributed by atoms with van der Waals surface area (Å²) in [4.78, 5) is 38.8. The summed E-state index contributed by atoms with van der Waals surface area (Å²) in [7, 11) is 0. The molecule has 1 aliphatic carbocycles. The second-order valence-corrected chi connectivity index (χ2v) is 8.97. The van der Waals surface area contributed by atoms with E-state index in [4.69, 9.17) is 4.74 Å². The van der Waals surface area contributed by atoms with Crippen molar-refractivity contribution in [1.29, 1.82) is 0 Å². The van der Waals surface area contributed by atoms with Crippen molar-refractivity contribution in [1.82, 2.24) is 15.5 Å². The van der Waals surface area contributed by atoms with Crippen molar-refractivity contribution in [2.24, 2.45) is 11.3 Å². The third kappa shape index (κ3) is 4.13. The highest BCUT2D eigenvalue weighted by atomic mass is 16.5. The summed E-state index contributed by atoms with van der Waals surface area (Å²) in [5.41, 5.74) is -0.563. The van der Waals surface area contributed by atoms with Gasteiger partial charge in [0.15, 0.2) is 0 Å². The van der Waals surface area contributed by atoms with E-state index < -0.39 is 11.6 Å². The van der Waals surface area contributed by atoms with E-state index in [1.54, 1.807) is 0 Å².